The quantitative estimate of drug-likeness (QED) is 0.183. The minimum atomic E-state index is -0.293. The maximum absolute atomic E-state index is 13.3. The van der Waals surface area contributed by atoms with Crippen LogP contribution in [0, 0.1) is 22.2 Å². The average Bonchev–Trinajstić information content (AvgIpc) is 3.78. The Kier molecular flexibility index (Phi) is 6.52. The van der Waals surface area contributed by atoms with E-state index < -0.39 is 0 Å². The third kappa shape index (κ3) is 4.61. The van der Waals surface area contributed by atoms with E-state index in [1.54, 1.807) is 6.07 Å². The van der Waals surface area contributed by atoms with Gasteiger partial charge in [0.15, 0.2) is 11.6 Å². The second-order valence-corrected chi connectivity index (χ2v) is 14.1. The van der Waals surface area contributed by atoms with Gasteiger partial charge in [0, 0.05) is 26.4 Å². The molecule has 9 rings (SSSR count). The van der Waals surface area contributed by atoms with Crippen molar-refractivity contribution >= 4 is 27.5 Å². The summed E-state index contributed by atoms with van der Waals surface area (Å²) in [6, 6.07) is 38.9. The van der Waals surface area contributed by atoms with E-state index in [9.17, 15) is 9.59 Å². The van der Waals surface area contributed by atoms with Crippen LogP contribution in [0.15, 0.2) is 114 Å². The molecule has 0 saturated carbocycles. The molecule has 0 radical (unpaired) electrons. The van der Waals surface area contributed by atoms with Gasteiger partial charge in [0.05, 0.1) is 11.6 Å². The van der Waals surface area contributed by atoms with Gasteiger partial charge >= 0.3 is 0 Å². The van der Waals surface area contributed by atoms with E-state index in [0.717, 1.165) is 70.8 Å². The molecule has 0 amide bonds. The Bertz CT molecular complexity index is 2050. The highest BCUT2D eigenvalue weighted by Crippen LogP contribution is 2.49. The lowest BCUT2D eigenvalue weighted by Crippen LogP contribution is -2.28. The molecular formula is C41H30BrNO2. The molecule has 0 saturated heterocycles. The smallest absolute Gasteiger partial charge is 0.170 e. The van der Waals surface area contributed by atoms with E-state index in [4.69, 9.17) is 5.26 Å². The van der Waals surface area contributed by atoms with Crippen molar-refractivity contribution in [3.8, 4) is 17.2 Å². The molecule has 5 aromatic carbocycles. The monoisotopic (exact) mass is 647 g/mol. The number of hydrogen-bond donors (Lipinski definition) is 0. The molecule has 45 heavy (non-hydrogen) atoms. The summed E-state index contributed by atoms with van der Waals surface area (Å²) in [7, 11) is 0. The predicted octanol–water partition coefficient (Wildman–Crippen LogP) is 8.72. The number of halogens is 1. The van der Waals surface area contributed by atoms with Crippen LogP contribution in [0.2, 0.25) is 0 Å². The molecule has 0 aromatic heterocycles. The molecule has 0 fully saturated rings. The van der Waals surface area contributed by atoms with Gasteiger partial charge in [0.25, 0.3) is 0 Å². The summed E-state index contributed by atoms with van der Waals surface area (Å²) in [5.41, 5.74) is 11.6. The molecule has 5 aromatic rings. The largest absolute Gasteiger partial charge is 0.294 e. The summed E-state index contributed by atoms with van der Waals surface area (Å²) >= 11 is 3.47. The summed E-state index contributed by atoms with van der Waals surface area (Å²) in [5, 5.41) is 9.13. The van der Waals surface area contributed by atoms with Gasteiger partial charge in [-0.05, 0) is 113 Å². The van der Waals surface area contributed by atoms with Gasteiger partial charge in [-0.25, -0.2) is 0 Å². The number of rotatable bonds is 1. The van der Waals surface area contributed by atoms with Gasteiger partial charge in [0.1, 0.15) is 0 Å². The Hall–Kier alpha value is -4.59. The average molecular weight is 649 g/mol. The van der Waals surface area contributed by atoms with Crippen molar-refractivity contribution in [2.24, 2.45) is 10.8 Å². The van der Waals surface area contributed by atoms with Crippen LogP contribution in [0.3, 0.4) is 0 Å². The molecule has 0 unspecified atom stereocenters. The fourth-order valence-electron chi connectivity index (χ4n) is 8.22. The van der Waals surface area contributed by atoms with Crippen molar-refractivity contribution < 1.29 is 9.59 Å². The maximum atomic E-state index is 13.3. The molecule has 2 spiro atoms. The Morgan fingerprint density at radius 2 is 0.978 bits per heavy atom. The highest BCUT2D eigenvalue weighted by molar-refractivity contribution is 9.10. The topological polar surface area (TPSA) is 57.9 Å². The number of hydrogen-bond acceptors (Lipinski definition) is 3. The Labute approximate surface area is 271 Å². The highest BCUT2D eigenvalue weighted by Gasteiger charge is 2.50. The van der Waals surface area contributed by atoms with Crippen LogP contribution in [0.1, 0.15) is 59.7 Å². The fourth-order valence-corrected chi connectivity index (χ4v) is 8.59. The van der Waals surface area contributed by atoms with Gasteiger partial charge in [0.2, 0.25) is 0 Å². The third-order valence-corrected chi connectivity index (χ3v) is 10.9. The Balaban J connectivity index is 0.000000140. The number of fused-ring (bicyclic) bond motifs is 4. The first-order chi connectivity index (χ1) is 21.9. The molecule has 0 N–H and O–H groups in total. The van der Waals surface area contributed by atoms with Crippen molar-refractivity contribution in [1.29, 1.82) is 5.26 Å². The molecule has 0 bridgehead atoms. The van der Waals surface area contributed by atoms with Crippen LogP contribution < -0.4 is 0 Å². The zero-order chi connectivity index (χ0) is 30.8. The lowest BCUT2D eigenvalue weighted by atomic mass is 9.81. The summed E-state index contributed by atoms with van der Waals surface area (Å²) in [6.45, 7) is 0. The Morgan fingerprint density at radius 1 is 0.511 bits per heavy atom. The molecule has 4 aliphatic rings. The first-order valence-corrected chi connectivity index (χ1v) is 16.3. The van der Waals surface area contributed by atoms with Crippen LogP contribution in [0.4, 0.5) is 0 Å². The van der Waals surface area contributed by atoms with E-state index in [1.807, 2.05) is 36.4 Å². The first kappa shape index (κ1) is 27.9. The van der Waals surface area contributed by atoms with E-state index in [2.05, 4.69) is 88.7 Å². The number of carbonyl (C=O) groups excluding carboxylic acids is 2. The van der Waals surface area contributed by atoms with E-state index in [-0.39, 0.29) is 16.6 Å². The van der Waals surface area contributed by atoms with E-state index in [0.29, 0.717) is 11.3 Å². The zero-order valence-electron chi connectivity index (χ0n) is 24.8. The number of Topliss-reactive ketones (excluding diaryl/α,β-unsaturated/α-hetero) is 2. The summed E-state index contributed by atoms with van der Waals surface area (Å²) in [6.07, 6.45) is 5.20. The number of nitriles is 1. The van der Waals surface area contributed by atoms with Crippen molar-refractivity contribution in [2.75, 3.05) is 0 Å². The van der Waals surface area contributed by atoms with Gasteiger partial charge < -0.3 is 0 Å². The number of ketones is 2. The molecule has 218 valence electrons. The summed E-state index contributed by atoms with van der Waals surface area (Å²) < 4.78 is 0.993. The van der Waals surface area contributed by atoms with Crippen LogP contribution >= 0.6 is 15.9 Å². The Morgan fingerprint density at radius 3 is 1.51 bits per heavy atom. The van der Waals surface area contributed by atoms with Crippen LogP contribution in [-0.2, 0) is 38.5 Å². The normalized spacial score (nSPS) is 17.3. The molecular weight excluding hydrogens is 618 g/mol. The minimum Gasteiger partial charge on any atom is -0.294 e. The van der Waals surface area contributed by atoms with Crippen LogP contribution in [0.25, 0.3) is 11.1 Å². The summed E-state index contributed by atoms with van der Waals surface area (Å²) in [4.78, 5) is 26.2. The van der Waals surface area contributed by atoms with E-state index >= 15 is 0 Å². The zero-order valence-corrected chi connectivity index (χ0v) is 26.4. The minimum absolute atomic E-state index is 0.202. The van der Waals surface area contributed by atoms with Crippen LogP contribution in [0.5, 0.6) is 0 Å². The standard InChI is InChI=1S/C24H17NO.C17H13BrO/c25-15-16-4-3-7-17(10-16)18-8-9-21-14-24(23(26)22(21)11-18)12-19-5-1-2-6-20(19)13-24;18-14-6-5-13-10-17(16(19)15(13)7-14)8-11-3-1-2-4-12(11)9-17/h1-11H,12-14H2;1-7H,8-10H2. The van der Waals surface area contributed by atoms with Crippen LogP contribution in [-0.4, -0.2) is 11.6 Å². The second kappa shape index (κ2) is 10.5. The molecule has 0 atom stereocenters. The van der Waals surface area contributed by atoms with E-state index in [1.165, 1.54) is 27.8 Å². The molecule has 3 nitrogen and oxygen atoms in total. The van der Waals surface area contributed by atoms with Crippen molar-refractivity contribution in [1.82, 2.24) is 0 Å². The molecule has 4 heteroatoms. The third-order valence-electron chi connectivity index (χ3n) is 10.4. The van der Waals surface area contributed by atoms with Gasteiger partial charge in [-0.1, -0.05) is 94.8 Å². The SMILES string of the molecule is N#Cc1cccc(-c2ccc3c(c2)C(=O)C2(Cc4ccccc4C2)C3)c1.O=C1c2cc(Br)ccc2CC12Cc1ccccc1C2. The van der Waals surface area contributed by atoms with Gasteiger partial charge in [-0.15, -0.1) is 0 Å². The van der Waals surface area contributed by atoms with Gasteiger partial charge in [-0.3, -0.25) is 9.59 Å². The predicted molar refractivity (Wildman–Crippen MR) is 179 cm³/mol. The maximum Gasteiger partial charge on any atom is 0.170 e. The lowest BCUT2D eigenvalue weighted by Gasteiger charge is -2.20. The second-order valence-electron chi connectivity index (χ2n) is 13.2. The van der Waals surface area contributed by atoms with Gasteiger partial charge in [-0.2, -0.15) is 5.26 Å². The number of nitrogens with zero attached hydrogens (tertiary/aromatic N) is 1. The molecule has 4 aliphatic carbocycles. The van der Waals surface area contributed by atoms with Crippen molar-refractivity contribution in [2.45, 2.75) is 38.5 Å². The first-order valence-electron chi connectivity index (χ1n) is 15.5. The number of carbonyl (C=O) groups is 2. The van der Waals surface area contributed by atoms with Crippen molar-refractivity contribution in [3.63, 3.8) is 0 Å². The molecule has 0 aliphatic heterocycles. The number of benzene rings is 5. The lowest BCUT2D eigenvalue weighted by molar-refractivity contribution is 0.0825. The molecule has 0 heterocycles. The summed E-state index contributed by atoms with van der Waals surface area (Å²) in [5.74, 6) is 0.613. The van der Waals surface area contributed by atoms with Crippen molar-refractivity contribution in [3.05, 3.63) is 164 Å². The highest BCUT2D eigenvalue weighted by atomic mass is 79.9. The fraction of sp³-hybridized carbons (Fsp3) is 0.195.